The first-order valence-electron chi connectivity index (χ1n) is 4.35. The van der Waals surface area contributed by atoms with Gasteiger partial charge in [-0.3, -0.25) is 0 Å². The molecule has 2 rings (SSSR count). The zero-order valence-electron chi connectivity index (χ0n) is 7.65. The van der Waals surface area contributed by atoms with Crippen molar-refractivity contribution in [1.82, 2.24) is 0 Å². The minimum atomic E-state index is -0.892. The Morgan fingerprint density at radius 1 is 1.20 bits per heavy atom. The van der Waals surface area contributed by atoms with Crippen molar-refractivity contribution in [3.8, 4) is 0 Å². The van der Waals surface area contributed by atoms with Gasteiger partial charge in [-0.25, -0.2) is 4.39 Å². The van der Waals surface area contributed by atoms with Gasteiger partial charge in [0.25, 0.3) is 0 Å². The molecule has 15 heavy (non-hydrogen) atoms. The van der Waals surface area contributed by atoms with Crippen LogP contribution in [0.1, 0.15) is 17.2 Å². The SMILES string of the molecule is OC(c1ccc(F)cc1)c1ccoc1Cl. The highest BCUT2D eigenvalue weighted by Gasteiger charge is 2.15. The number of halogens is 2. The predicted octanol–water partition coefficient (Wildman–Crippen LogP) is 3.15. The van der Waals surface area contributed by atoms with Crippen LogP contribution < -0.4 is 0 Å². The smallest absolute Gasteiger partial charge is 0.199 e. The molecule has 0 saturated heterocycles. The molecule has 1 N–H and O–H groups in total. The maximum absolute atomic E-state index is 12.6. The van der Waals surface area contributed by atoms with E-state index in [1.54, 1.807) is 6.07 Å². The molecule has 2 nitrogen and oxygen atoms in total. The first-order valence-corrected chi connectivity index (χ1v) is 4.72. The minimum absolute atomic E-state index is 0.145. The summed E-state index contributed by atoms with van der Waals surface area (Å²) in [5.74, 6) is -0.343. The Kier molecular flexibility index (Phi) is 2.75. The first kappa shape index (κ1) is 10.2. The van der Waals surface area contributed by atoms with E-state index in [-0.39, 0.29) is 11.0 Å². The summed E-state index contributed by atoms with van der Waals surface area (Å²) in [5, 5.41) is 10.0. The van der Waals surface area contributed by atoms with Crippen LogP contribution in [0.2, 0.25) is 5.22 Å². The highest BCUT2D eigenvalue weighted by atomic mass is 35.5. The molecule has 0 bridgehead atoms. The van der Waals surface area contributed by atoms with E-state index in [0.717, 1.165) is 0 Å². The van der Waals surface area contributed by atoms with Gasteiger partial charge in [-0.15, -0.1) is 0 Å². The highest BCUT2D eigenvalue weighted by Crippen LogP contribution is 2.28. The Bertz CT molecular complexity index is 450. The Labute approximate surface area is 90.9 Å². The molecule has 0 aliphatic heterocycles. The average molecular weight is 227 g/mol. The molecule has 0 aliphatic carbocycles. The summed E-state index contributed by atoms with van der Waals surface area (Å²) in [6.07, 6.45) is 0.501. The molecule has 0 aliphatic rings. The molecular weight excluding hydrogens is 219 g/mol. The Balaban J connectivity index is 2.32. The molecule has 0 radical (unpaired) electrons. The summed E-state index contributed by atoms with van der Waals surface area (Å²) in [7, 11) is 0. The number of hydrogen-bond donors (Lipinski definition) is 1. The van der Waals surface area contributed by atoms with Gasteiger partial charge in [0.15, 0.2) is 5.22 Å². The van der Waals surface area contributed by atoms with E-state index in [2.05, 4.69) is 0 Å². The number of hydrogen-bond acceptors (Lipinski definition) is 2. The van der Waals surface area contributed by atoms with Crippen LogP contribution in [0.5, 0.6) is 0 Å². The molecule has 1 heterocycles. The van der Waals surface area contributed by atoms with Crippen molar-refractivity contribution in [1.29, 1.82) is 0 Å². The van der Waals surface area contributed by atoms with Gasteiger partial charge in [-0.05, 0) is 35.4 Å². The second-order valence-corrected chi connectivity index (χ2v) is 3.45. The second kappa shape index (κ2) is 4.04. The quantitative estimate of drug-likeness (QED) is 0.853. The third-order valence-corrected chi connectivity index (χ3v) is 2.43. The van der Waals surface area contributed by atoms with E-state index in [0.29, 0.717) is 11.1 Å². The second-order valence-electron chi connectivity index (χ2n) is 3.10. The number of benzene rings is 1. The molecular formula is C11H8ClFO2. The number of aliphatic hydroxyl groups is 1. The largest absolute Gasteiger partial charge is 0.453 e. The first-order chi connectivity index (χ1) is 7.18. The van der Waals surface area contributed by atoms with Crippen molar-refractivity contribution in [3.05, 3.63) is 58.8 Å². The van der Waals surface area contributed by atoms with Crippen molar-refractivity contribution in [2.24, 2.45) is 0 Å². The summed E-state index contributed by atoms with van der Waals surface area (Å²) >= 11 is 5.72. The molecule has 1 aromatic carbocycles. The van der Waals surface area contributed by atoms with Crippen LogP contribution in [0.3, 0.4) is 0 Å². The van der Waals surface area contributed by atoms with Gasteiger partial charge in [-0.2, -0.15) is 0 Å². The lowest BCUT2D eigenvalue weighted by Crippen LogP contribution is -1.98. The summed E-state index contributed by atoms with van der Waals surface area (Å²) < 4.78 is 17.5. The summed E-state index contributed by atoms with van der Waals surface area (Å²) in [5.41, 5.74) is 1.04. The van der Waals surface area contributed by atoms with E-state index in [9.17, 15) is 9.50 Å². The third kappa shape index (κ3) is 2.03. The average Bonchev–Trinajstić information content (AvgIpc) is 2.65. The maximum Gasteiger partial charge on any atom is 0.199 e. The van der Waals surface area contributed by atoms with Gasteiger partial charge in [0, 0.05) is 5.56 Å². The fourth-order valence-corrected chi connectivity index (χ4v) is 1.54. The molecule has 78 valence electrons. The molecule has 1 unspecified atom stereocenters. The van der Waals surface area contributed by atoms with E-state index < -0.39 is 6.10 Å². The van der Waals surface area contributed by atoms with Crippen molar-refractivity contribution in [2.45, 2.75) is 6.10 Å². The van der Waals surface area contributed by atoms with Gasteiger partial charge >= 0.3 is 0 Å². The molecule has 0 spiro atoms. The molecule has 4 heteroatoms. The van der Waals surface area contributed by atoms with Crippen molar-refractivity contribution >= 4 is 11.6 Å². The lowest BCUT2D eigenvalue weighted by atomic mass is 10.0. The monoisotopic (exact) mass is 226 g/mol. The predicted molar refractivity (Wildman–Crippen MR) is 54.2 cm³/mol. The molecule has 2 aromatic rings. The Morgan fingerprint density at radius 3 is 2.40 bits per heavy atom. The molecule has 0 fully saturated rings. The molecule has 1 atom stereocenters. The van der Waals surface area contributed by atoms with E-state index in [1.165, 1.54) is 30.5 Å². The lowest BCUT2D eigenvalue weighted by molar-refractivity contribution is 0.219. The Hall–Kier alpha value is -1.32. The molecule has 1 aromatic heterocycles. The van der Waals surface area contributed by atoms with Gasteiger partial charge in [-0.1, -0.05) is 12.1 Å². The van der Waals surface area contributed by atoms with Gasteiger partial charge in [0.05, 0.1) is 6.26 Å². The van der Waals surface area contributed by atoms with Gasteiger partial charge < -0.3 is 9.52 Å². The topological polar surface area (TPSA) is 33.4 Å². The van der Waals surface area contributed by atoms with E-state index in [4.69, 9.17) is 16.0 Å². The summed E-state index contributed by atoms with van der Waals surface area (Å²) in [4.78, 5) is 0. The molecule has 0 amide bonds. The fourth-order valence-electron chi connectivity index (χ4n) is 1.32. The van der Waals surface area contributed by atoms with Crippen molar-refractivity contribution in [2.75, 3.05) is 0 Å². The maximum atomic E-state index is 12.6. The zero-order chi connectivity index (χ0) is 10.8. The van der Waals surface area contributed by atoms with E-state index >= 15 is 0 Å². The summed E-state index contributed by atoms with van der Waals surface area (Å²) in [6, 6.07) is 7.15. The normalized spacial score (nSPS) is 12.7. The number of furan rings is 1. The Morgan fingerprint density at radius 2 is 1.87 bits per heavy atom. The lowest BCUT2D eigenvalue weighted by Gasteiger charge is -2.08. The third-order valence-electron chi connectivity index (χ3n) is 2.13. The van der Waals surface area contributed by atoms with Crippen molar-refractivity contribution in [3.63, 3.8) is 0 Å². The van der Waals surface area contributed by atoms with Crippen LogP contribution in [0, 0.1) is 5.82 Å². The van der Waals surface area contributed by atoms with Crippen LogP contribution in [0.15, 0.2) is 41.0 Å². The minimum Gasteiger partial charge on any atom is -0.453 e. The van der Waals surface area contributed by atoms with Crippen LogP contribution >= 0.6 is 11.6 Å². The van der Waals surface area contributed by atoms with E-state index in [1.807, 2.05) is 0 Å². The fraction of sp³-hybridized carbons (Fsp3) is 0.0909. The van der Waals surface area contributed by atoms with Crippen LogP contribution in [-0.4, -0.2) is 5.11 Å². The standard InChI is InChI=1S/C11H8ClFO2/c12-11-9(5-6-15-11)10(14)7-1-3-8(13)4-2-7/h1-6,10,14H. The number of aliphatic hydroxyl groups excluding tert-OH is 1. The van der Waals surface area contributed by atoms with Gasteiger partial charge in [0.2, 0.25) is 0 Å². The summed E-state index contributed by atoms with van der Waals surface area (Å²) in [6.45, 7) is 0. The zero-order valence-corrected chi connectivity index (χ0v) is 8.41. The van der Waals surface area contributed by atoms with Crippen LogP contribution in [0.4, 0.5) is 4.39 Å². The highest BCUT2D eigenvalue weighted by molar-refractivity contribution is 6.29. The van der Waals surface area contributed by atoms with Gasteiger partial charge in [0.1, 0.15) is 11.9 Å². The van der Waals surface area contributed by atoms with Crippen LogP contribution in [-0.2, 0) is 0 Å². The van der Waals surface area contributed by atoms with Crippen LogP contribution in [0.25, 0.3) is 0 Å². The molecule has 0 saturated carbocycles. The number of rotatable bonds is 2. The van der Waals surface area contributed by atoms with Crippen molar-refractivity contribution < 1.29 is 13.9 Å².